The fourth-order valence-corrected chi connectivity index (χ4v) is 3.05. The maximum atomic E-state index is 12.6. The van der Waals surface area contributed by atoms with Crippen LogP contribution in [-0.2, 0) is 6.54 Å². The van der Waals surface area contributed by atoms with Gasteiger partial charge < -0.3 is 4.57 Å². The van der Waals surface area contributed by atoms with Crippen LogP contribution in [0.1, 0.15) is 41.4 Å². The Labute approximate surface area is 150 Å². The van der Waals surface area contributed by atoms with E-state index < -0.39 is 0 Å². The zero-order chi connectivity index (χ0) is 17.1. The van der Waals surface area contributed by atoms with E-state index in [1.54, 1.807) is 6.20 Å². The van der Waals surface area contributed by atoms with Gasteiger partial charge in [-0.25, -0.2) is 4.98 Å². The van der Waals surface area contributed by atoms with Crippen molar-refractivity contribution in [3.8, 4) is 0 Å². The summed E-state index contributed by atoms with van der Waals surface area (Å²) in [5.41, 5.74) is 2.85. The number of benzene rings is 1. The minimum absolute atomic E-state index is 0.147. The van der Waals surface area contributed by atoms with Crippen LogP contribution >= 0.6 is 22.9 Å². The van der Waals surface area contributed by atoms with Gasteiger partial charge in [0.25, 0.3) is 5.91 Å². The molecular formula is C18H18ClN3OS. The van der Waals surface area contributed by atoms with Crippen molar-refractivity contribution < 1.29 is 4.79 Å². The molecule has 24 heavy (non-hydrogen) atoms. The highest BCUT2D eigenvalue weighted by Gasteiger charge is 2.16. The van der Waals surface area contributed by atoms with E-state index in [-0.39, 0.29) is 5.91 Å². The summed E-state index contributed by atoms with van der Waals surface area (Å²) in [6.07, 6.45) is 3.71. The molecule has 0 aliphatic heterocycles. The molecule has 0 radical (unpaired) electrons. The van der Waals surface area contributed by atoms with Gasteiger partial charge in [-0.3, -0.25) is 10.1 Å². The predicted octanol–water partition coefficient (Wildman–Crippen LogP) is 5.02. The van der Waals surface area contributed by atoms with Crippen LogP contribution in [0, 0.1) is 0 Å². The maximum absolute atomic E-state index is 12.6. The quantitative estimate of drug-likeness (QED) is 0.695. The lowest BCUT2D eigenvalue weighted by atomic mass is 10.1. The number of halogens is 1. The fraction of sp³-hybridized carbons (Fsp3) is 0.222. The van der Waals surface area contributed by atoms with Gasteiger partial charge in [0.15, 0.2) is 5.13 Å². The van der Waals surface area contributed by atoms with Crippen molar-refractivity contribution in [2.24, 2.45) is 0 Å². The molecule has 0 bridgehead atoms. The van der Waals surface area contributed by atoms with Crippen molar-refractivity contribution >= 4 is 34.0 Å². The average Bonchev–Trinajstić information content (AvgIpc) is 3.19. The summed E-state index contributed by atoms with van der Waals surface area (Å²) in [7, 11) is 0. The van der Waals surface area contributed by atoms with E-state index in [4.69, 9.17) is 11.6 Å². The topological polar surface area (TPSA) is 46.9 Å². The van der Waals surface area contributed by atoms with E-state index in [9.17, 15) is 4.79 Å². The zero-order valence-electron chi connectivity index (χ0n) is 13.5. The Kier molecular flexibility index (Phi) is 5.02. The highest BCUT2D eigenvalue weighted by atomic mass is 35.5. The third-order valence-electron chi connectivity index (χ3n) is 3.74. The lowest BCUT2D eigenvalue weighted by molar-refractivity contribution is 0.101. The highest BCUT2D eigenvalue weighted by molar-refractivity contribution is 7.13. The molecule has 0 aliphatic rings. The molecule has 3 rings (SSSR count). The van der Waals surface area contributed by atoms with Gasteiger partial charge in [0.2, 0.25) is 0 Å². The van der Waals surface area contributed by atoms with Crippen LogP contribution in [-0.4, -0.2) is 15.5 Å². The standard InChI is InChI=1S/C18H18ClN3OS/c1-12(2)14-9-16(17(23)21-18-20-7-8-24-18)22(11-14)10-13-3-5-15(19)6-4-13/h3-9,11-12H,10H2,1-2H3,(H,20,21,23). The first-order chi connectivity index (χ1) is 11.5. The average molecular weight is 360 g/mol. The van der Waals surface area contributed by atoms with Crippen molar-refractivity contribution in [2.45, 2.75) is 26.3 Å². The number of amides is 1. The van der Waals surface area contributed by atoms with E-state index in [1.165, 1.54) is 11.3 Å². The lowest BCUT2D eigenvalue weighted by Gasteiger charge is -2.09. The summed E-state index contributed by atoms with van der Waals surface area (Å²) in [6.45, 7) is 4.85. The van der Waals surface area contributed by atoms with E-state index in [0.29, 0.717) is 28.3 Å². The number of nitrogens with one attached hydrogen (secondary N) is 1. The van der Waals surface area contributed by atoms with Crippen molar-refractivity contribution in [2.75, 3.05) is 5.32 Å². The number of rotatable bonds is 5. The summed E-state index contributed by atoms with van der Waals surface area (Å²) >= 11 is 7.35. The van der Waals surface area contributed by atoms with E-state index in [1.807, 2.05) is 46.5 Å². The third-order valence-corrected chi connectivity index (χ3v) is 4.68. The molecule has 1 N–H and O–H groups in total. The van der Waals surface area contributed by atoms with E-state index in [2.05, 4.69) is 24.1 Å². The van der Waals surface area contributed by atoms with E-state index >= 15 is 0 Å². The molecule has 0 atom stereocenters. The molecule has 0 saturated carbocycles. The predicted molar refractivity (Wildman–Crippen MR) is 99.1 cm³/mol. The first kappa shape index (κ1) is 16.7. The van der Waals surface area contributed by atoms with Gasteiger partial charge in [-0.05, 0) is 35.2 Å². The molecule has 2 heterocycles. The van der Waals surface area contributed by atoms with Gasteiger partial charge in [-0.2, -0.15) is 0 Å². The Balaban J connectivity index is 1.89. The highest BCUT2D eigenvalue weighted by Crippen LogP contribution is 2.21. The monoisotopic (exact) mass is 359 g/mol. The maximum Gasteiger partial charge on any atom is 0.274 e. The Morgan fingerprint density at radius 2 is 2.08 bits per heavy atom. The SMILES string of the molecule is CC(C)c1cc(C(=O)Nc2nccs2)n(Cc2ccc(Cl)cc2)c1. The molecule has 1 amide bonds. The van der Waals surface area contributed by atoms with E-state index in [0.717, 1.165) is 11.1 Å². The Morgan fingerprint density at radius 3 is 2.71 bits per heavy atom. The number of nitrogens with zero attached hydrogens (tertiary/aromatic N) is 2. The van der Waals surface area contributed by atoms with Gasteiger partial charge >= 0.3 is 0 Å². The molecule has 1 aromatic carbocycles. The second kappa shape index (κ2) is 7.20. The fourth-order valence-electron chi connectivity index (χ4n) is 2.40. The number of aromatic nitrogens is 2. The van der Waals surface area contributed by atoms with Crippen molar-refractivity contribution in [1.82, 2.24) is 9.55 Å². The number of hydrogen-bond donors (Lipinski definition) is 1. The minimum Gasteiger partial charge on any atom is -0.339 e. The molecule has 3 aromatic rings. The summed E-state index contributed by atoms with van der Waals surface area (Å²) in [6, 6.07) is 9.61. The number of hydrogen-bond acceptors (Lipinski definition) is 3. The molecule has 124 valence electrons. The first-order valence-electron chi connectivity index (χ1n) is 7.68. The van der Waals surface area contributed by atoms with Crippen LogP contribution in [0.4, 0.5) is 5.13 Å². The van der Waals surface area contributed by atoms with Crippen LogP contribution in [0.15, 0.2) is 48.1 Å². The largest absolute Gasteiger partial charge is 0.339 e. The Hall–Kier alpha value is -2.11. The summed E-state index contributed by atoms with van der Waals surface area (Å²) in [4.78, 5) is 16.7. The molecule has 0 spiro atoms. The Morgan fingerprint density at radius 1 is 1.33 bits per heavy atom. The van der Waals surface area contributed by atoms with Crippen LogP contribution in [0.2, 0.25) is 5.02 Å². The van der Waals surface area contributed by atoms with Gasteiger partial charge in [-0.1, -0.05) is 37.6 Å². The van der Waals surface area contributed by atoms with Crippen molar-refractivity contribution in [3.63, 3.8) is 0 Å². The van der Waals surface area contributed by atoms with Gasteiger partial charge in [0.05, 0.1) is 0 Å². The smallest absolute Gasteiger partial charge is 0.274 e. The molecular weight excluding hydrogens is 342 g/mol. The molecule has 4 nitrogen and oxygen atoms in total. The van der Waals surface area contributed by atoms with Crippen molar-refractivity contribution in [3.05, 3.63) is 69.9 Å². The molecule has 6 heteroatoms. The lowest BCUT2D eigenvalue weighted by Crippen LogP contribution is -2.17. The number of anilines is 1. The summed E-state index contributed by atoms with van der Waals surface area (Å²) in [5, 5.41) is 5.99. The summed E-state index contributed by atoms with van der Waals surface area (Å²) in [5.74, 6) is 0.202. The molecule has 0 fully saturated rings. The number of thiazole rings is 1. The molecule has 0 saturated heterocycles. The van der Waals surface area contributed by atoms with Crippen LogP contribution in [0.3, 0.4) is 0 Å². The van der Waals surface area contributed by atoms with Gasteiger partial charge in [-0.15, -0.1) is 11.3 Å². The van der Waals surface area contributed by atoms with Gasteiger partial charge in [0, 0.05) is 29.3 Å². The second-order valence-electron chi connectivity index (χ2n) is 5.86. The zero-order valence-corrected chi connectivity index (χ0v) is 15.1. The first-order valence-corrected chi connectivity index (χ1v) is 8.94. The third kappa shape index (κ3) is 3.86. The Bertz CT molecular complexity index is 823. The summed E-state index contributed by atoms with van der Waals surface area (Å²) < 4.78 is 1.97. The van der Waals surface area contributed by atoms with Crippen LogP contribution in [0.25, 0.3) is 0 Å². The minimum atomic E-state index is -0.147. The molecule has 0 aliphatic carbocycles. The normalized spacial score (nSPS) is 11.0. The van der Waals surface area contributed by atoms with Crippen molar-refractivity contribution in [1.29, 1.82) is 0 Å². The number of carbonyl (C=O) groups is 1. The second-order valence-corrected chi connectivity index (χ2v) is 7.19. The van der Waals surface area contributed by atoms with Gasteiger partial charge in [0.1, 0.15) is 5.69 Å². The molecule has 0 unspecified atom stereocenters. The van der Waals surface area contributed by atoms with Crippen LogP contribution in [0.5, 0.6) is 0 Å². The number of carbonyl (C=O) groups excluding carboxylic acids is 1. The van der Waals surface area contributed by atoms with Crippen LogP contribution < -0.4 is 5.32 Å². The molecule has 2 aromatic heterocycles.